The highest BCUT2D eigenvalue weighted by Crippen LogP contribution is 2.40. The molecule has 3 aromatic rings. The number of benzene rings is 3. The van der Waals surface area contributed by atoms with Crippen LogP contribution in [-0.4, -0.2) is 7.05 Å². The van der Waals surface area contributed by atoms with E-state index in [0.29, 0.717) is 11.1 Å². The first-order chi connectivity index (χ1) is 20.3. The van der Waals surface area contributed by atoms with Crippen LogP contribution < -0.4 is 5.32 Å². The van der Waals surface area contributed by atoms with Crippen molar-refractivity contribution in [3.8, 4) is 17.2 Å². The van der Waals surface area contributed by atoms with Gasteiger partial charge in [0.1, 0.15) is 5.82 Å². The smallest absolute Gasteiger partial charge is 0.128 e. The molecule has 2 nitrogen and oxygen atoms in total. The minimum Gasteiger partial charge on any atom is -0.388 e. The molecule has 1 aliphatic rings. The molecule has 0 amide bonds. The van der Waals surface area contributed by atoms with E-state index in [0.717, 1.165) is 23.6 Å². The number of anilines is 1. The summed E-state index contributed by atoms with van der Waals surface area (Å²) in [5.41, 5.74) is 6.19. The number of nitrogens with zero attached hydrogens (tertiary/aromatic N) is 1. The summed E-state index contributed by atoms with van der Waals surface area (Å²) in [6, 6.07) is 24.2. The Balaban J connectivity index is 0.000000311. The number of aryl methyl sites for hydroxylation is 1. The van der Waals surface area contributed by atoms with Gasteiger partial charge in [0.2, 0.25) is 0 Å². The monoisotopic (exact) mass is 568 g/mol. The van der Waals surface area contributed by atoms with E-state index in [1.165, 1.54) is 81.4 Å². The Labute approximate surface area is 256 Å². The fourth-order valence-electron chi connectivity index (χ4n) is 5.84. The number of halogens is 1. The number of rotatable bonds is 11. The highest BCUT2D eigenvalue weighted by molar-refractivity contribution is 5.65. The number of hydrogen-bond acceptors (Lipinski definition) is 2. The summed E-state index contributed by atoms with van der Waals surface area (Å²) in [6.07, 6.45) is 16.4. The molecule has 0 aromatic heterocycles. The first-order valence-electron chi connectivity index (χ1n) is 16.0. The van der Waals surface area contributed by atoms with Crippen molar-refractivity contribution in [2.24, 2.45) is 5.92 Å². The lowest BCUT2D eigenvalue weighted by atomic mass is 9.70. The largest absolute Gasteiger partial charge is 0.388 e. The molecule has 1 aliphatic carbocycles. The first kappa shape index (κ1) is 34.8. The number of allylic oxidation sites excluding steroid dienone is 1. The molecule has 0 bridgehead atoms. The van der Waals surface area contributed by atoms with E-state index in [9.17, 15) is 4.39 Å². The van der Waals surface area contributed by atoms with Gasteiger partial charge in [-0.2, -0.15) is 5.26 Å². The topological polar surface area (TPSA) is 35.8 Å². The van der Waals surface area contributed by atoms with E-state index in [-0.39, 0.29) is 11.2 Å². The molecule has 1 atom stereocenters. The highest BCUT2D eigenvalue weighted by atomic mass is 19.1. The molecular formula is C39H53FN2. The van der Waals surface area contributed by atoms with Gasteiger partial charge in [0.05, 0.1) is 11.6 Å². The summed E-state index contributed by atoms with van der Waals surface area (Å²) in [5.74, 6) is 0.886. The van der Waals surface area contributed by atoms with Crippen molar-refractivity contribution in [2.75, 3.05) is 12.4 Å². The number of nitrogens with one attached hydrogen (secondary N) is 1. The van der Waals surface area contributed by atoms with E-state index in [1.54, 1.807) is 20.0 Å². The molecule has 1 saturated carbocycles. The van der Waals surface area contributed by atoms with Gasteiger partial charge < -0.3 is 5.32 Å². The molecule has 226 valence electrons. The average Bonchev–Trinajstić information content (AvgIpc) is 3.51. The quantitative estimate of drug-likeness (QED) is 0.234. The van der Waals surface area contributed by atoms with E-state index in [4.69, 9.17) is 5.26 Å². The van der Waals surface area contributed by atoms with E-state index >= 15 is 0 Å². The second-order valence-electron chi connectivity index (χ2n) is 11.8. The summed E-state index contributed by atoms with van der Waals surface area (Å²) in [5, 5.41) is 12.0. The molecular weight excluding hydrogens is 515 g/mol. The zero-order valence-corrected chi connectivity index (χ0v) is 26.8. The highest BCUT2D eigenvalue weighted by Gasteiger charge is 2.29. The van der Waals surface area contributed by atoms with E-state index in [2.05, 4.69) is 75.1 Å². The second-order valence-corrected chi connectivity index (χ2v) is 11.8. The zero-order valence-electron chi connectivity index (χ0n) is 26.8. The molecule has 42 heavy (non-hydrogen) atoms. The van der Waals surface area contributed by atoms with Gasteiger partial charge in [0, 0.05) is 12.7 Å². The third-order valence-electron chi connectivity index (χ3n) is 8.49. The predicted molar refractivity (Wildman–Crippen MR) is 180 cm³/mol. The Morgan fingerprint density at radius 2 is 1.67 bits per heavy atom. The summed E-state index contributed by atoms with van der Waals surface area (Å²) < 4.78 is 12.7. The standard InChI is InChI=1S/C25H31N.C8H10FN.C6H12/c1-4-7-17-25(16-6-3,18-8-5-2)24-14-12-22(13-15-24)23-11-9-10-21(19-23)20-26;1-6-3-4-7(10-2)5-8(6)9;1-6-4-2-3-5-6/h4,9-15,19H,1,5-8,16-18H2,2-3H3;3-5,10H,1-2H3;6H,2-5H2,1H3. The molecule has 1 N–H and O–H groups in total. The lowest BCUT2D eigenvalue weighted by Crippen LogP contribution is -2.26. The lowest BCUT2D eigenvalue weighted by molar-refractivity contribution is 0.326. The van der Waals surface area contributed by atoms with Crippen LogP contribution in [0.3, 0.4) is 0 Å². The van der Waals surface area contributed by atoms with Gasteiger partial charge in [0.25, 0.3) is 0 Å². The van der Waals surface area contributed by atoms with Crippen LogP contribution in [0.5, 0.6) is 0 Å². The summed E-state index contributed by atoms with van der Waals surface area (Å²) >= 11 is 0. The Kier molecular flexibility index (Phi) is 15.7. The normalized spacial score (nSPS) is 13.9. The van der Waals surface area contributed by atoms with Crippen molar-refractivity contribution < 1.29 is 4.39 Å². The van der Waals surface area contributed by atoms with E-state index < -0.39 is 0 Å². The van der Waals surface area contributed by atoms with Gasteiger partial charge in [-0.15, -0.1) is 6.58 Å². The van der Waals surface area contributed by atoms with Crippen LogP contribution in [0, 0.1) is 30.0 Å². The van der Waals surface area contributed by atoms with Crippen molar-refractivity contribution in [1.82, 2.24) is 0 Å². The molecule has 0 aliphatic heterocycles. The van der Waals surface area contributed by atoms with Crippen molar-refractivity contribution in [3.63, 3.8) is 0 Å². The molecule has 0 spiro atoms. The zero-order chi connectivity index (χ0) is 30.8. The van der Waals surface area contributed by atoms with Crippen LogP contribution in [0.15, 0.2) is 79.4 Å². The van der Waals surface area contributed by atoms with Crippen LogP contribution in [0.1, 0.15) is 108 Å². The first-order valence-corrected chi connectivity index (χ1v) is 16.0. The summed E-state index contributed by atoms with van der Waals surface area (Å²) in [4.78, 5) is 0. The second kappa shape index (κ2) is 18.9. The minimum atomic E-state index is -0.160. The Bertz CT molecular complexity index is 1230. The van der Waals surface area contributed by atoms with Crippen LogP contribution in [0.2, 0.25) is 0 Å². The molecule has 3 heteroatoms. The fraction of sp³-hybridized carbons (Fsp3) is 0.462. The molecule has 0 radical (unpaired) electrons. The molecule has 1 fully saturated rings. The van der Waals surface area contributed by atoms with Gasteiger partial charge in [-0.25, -0.2) is 4.39 Å². The maximum atomic E-state index is 12.7. The molecule has 0 heterocycles. The Morgan fingerprint density at radius 1 is 0.952 bits per heavy atom. The number of nitriles is 1. The van der Waals surface area contributed by atoms with Crippen molar-refractivity contribution >= 4 is 5.69 Å². The SMILES string of the molecule is C=CCCC(CCC)(CCCC)c1ccc(-c2cccc(C#N)c2)cc1.CC1CCCC1.CNc1ccc(C)c(F)c1. The Hall–Kier alpha value is -3.38. The van der Waals surface area contributed by atoms with Crippen LogP contribution >= 0.6 is 0 Å². The maximum Gasteiger partial charge on any atom is 0.128 e. The summed E-state index contributed by atoms with van der Waals surface area (Å²) in [7, 11) is 1.77. The van der Waals surface area contributed by atoms with Crippen molar-refractivity contribution in [1.29, 1.82) is 5.26 Å². The number of unbranched alkanes of at least 4 members (excludes halogenated alkanes) is 1. The van der Waals surface area contributed by atoms with Crippen molar-refractivity contribution in [2.45, 2.75) is 104 Å². The van der Waals surface area contributed by atoms with Gasteiger partial charge in [0.15, 0.2) is 0 Å². The molecule has 3 aromatic carbocycles. The van der Waals surface area contributed by atoms with Crippen LogP contribution in [0.25, 0.3) is 11.1 Å². The van der Waals surface area contributed by atoms with Gasteiger partial charge >= 0.3 is 0 Å². The van der Waals surface area contributed by atoms with Crippen LogP contribution in [0.4, 0.5) is 10.1 Å². The molecule has 0 saturated heterocycles. The third kappa shape index (κ3) is 11.1. The fourth-order valence-corrected chi connectivity index (χ4v) is 5.84. The Morgan fingerprint density at radius 3 is 2.19 bits per heavy atom. The average molecular weight is 569 g/mol. The lowest BCUT2D eigenvalue weighted by Gasteiger charge is -2.35. The minimum absolute atomic E-state index is 0.160. The third-order valence-corrected chi connectivity index (χ3v) is 8.49. The van der Waals surface area contributed by atoms with Crippen molar-refractivity contribution in [3.05, 3.63) is 102 Å². The van der Waals surface area contributed by atoms with Crippen LogP contribution in [-0.2, 0) is 5.41 Å². The molecule has 1 unspecified atom stereocenters. The molecule has 4 rings (SSSR count). The van der Waals surface area contributed by atoms with Gasteiger partial charge in [-0.3, -0.25) is 0 Å². The predicted octanol–water partition coefficient (Wildman–Crippen LogP) is 11.8. The van der Waals surface area contributed by atoms with Gasteiger partial charge in [-0.1, -0.05) is 114 Å². The van der Waals surface area contributed by atoms with E-state index in [1.807, 2.05) is 24.3 Å². The number of hydrogen-bond donors (Lipinski definition) is 1. The summed E-state index contributed by atoms with van der Waals surface area (Å²) in [6.45, 7) is 12.6. The van der Waals surface area contributed by atoms with Gasteiger partial charge in [-0.05, 0) is 90.5 Å². The maximum absolute atomic E-state index is 12.7.